The molecule has 0 atom stereocenters. The lowest BCUT2D eigenvalue weighted by molar-refractivity contribution is -0.0284. The van der Waals surface area contributed by atoms with Crippen molar-refractivity contribution in [1.82, 2.24) is 5.32 Å². The highest BCUT2D eigenvalue weighted by molar-refractivity contribution is 7.86. The van der Waals surface area contributed by atoms with Gasteiger partial charge in [0.1, 0.15) is 0 Å². The first-order valence-electron chi connectivity index (χ1n) is 11.2. The molecule has 0 unspecified atom stereocenters. The van der Waals surface area contributed by atoms with Crippen LogP contribution in [0.4, 0.5) is 0 Å². The van der Waals surface area contributed by atoms with Crippen LogP contribution in [0.2, 0.25) is 0 Å². The van der Waals surface area contributed by atoms with Crippen LogP contribution in [0.3, 0.4) is 0 Å². The molecule has 9 nitrogen and oxygen atoms in total. The molecule has 1 aromatic rings. The second-order valence-electron chi connectivity index (χ2n) is 7.36. The Balaban J connectivity index is 1.31. The van der Waals surface area contributed by atoms with Crippen LogP contribution in [0.5, 0.6) is 0 Å². The molecule has 0 radical (unpaired) electrons. The third kappa shape index (κ3) is 12.2. The second-order valence-corrected chi connectivity index (χ2v) is 8.97. The smallest absolute Gasteiger partial charge is 0.297 e. The van der Waals surface area contributed by atoms with Crippen LogP contribution in [0.25, 0.3) is 0 Å². The number of piperidine rings is 1. The van der Waals surface area contributed by atoms with Crippen molar-refractivity contribution in [3.8, 4) is 0 Å². The predicted octanol–water partition coefficient (Wildman–Crippen LogP) is 1.54. The molecule has 1 fully saturated rings. The summed E-state index contributed by atoms with van der Waals surface area (Å²) < 4.78 is 56.4. The maximum absolute atomic E-state index is 12.0. The van der Waals surface area contributed by atoms with Crippen LogP contribution >= 0.6 is 0 Å². The molecule has 1 aliphatic heterocycles. The molecular weight excluding hydrogens is 438 g/mol. The maximum atomic E-state index is 12.0. The quantitative estimate of drug-likeness (QED) is 0.250. The summed E-state index contributed by atoms with van der Waals surface area (Å²) in [5, 5.41) is 3.31. The third-order valence-electron chi connectivity index (χ3n) is 4.76. The molecule has 0 bridgehead atoms. The Morgan fingerprint density at radius 2 is 1.22 bits per heavy atom. The molecule has 2 rings (SSSR count). The van der Waals surface area contributed by atoms with Crippen molar-refractivity contribution < 1.29 is 36.3 Å². The highest BCUT2D eigenvalue weighted by Crippen LogP contribution is 2.12. The van der Waals surface area contributed by atoms with Crippen molar-refractivity contribution in [2.75, 3.05) is 79.2 Å². The highest BCUT2D eigenvalue weighted by atomic mass is 32.2. The molecule has 0 aliphatic carbocycles. The Kier molecular flexibility index (Phi) is 14.0. The normalized spacial score (nSPS) is 15.3. The van der Waals surface area contributed by atoms with Gasteiger partial charge < -0.3 is 29.0 Å². The lowest BCUT2D eigenvalue weighted by atomic mass is 10.1. The lowest BCUT2D eigenvalue weighted by Crippen LogP contribution is -2.33. The van der Waals surface area contributed by atoms with Gasteiger partial charge in [0.25, 0.3) is 10.1 Å². The molecule has 1 aliphatic rings. The minimum absolute atomic E-state index is 0.0395. The molecule has 0 aromatic heterocycles. The number of benzene rings is 1. The number of nitrogens with one attached hydrogen (secondary N) is 1. The first-order chi connectivity index (χ1) is 15.6. The van der Waals surface area contributed by atoms with Crippen molar-refractivity contribution in [2.45, 2.75) is 30.8 Å². The summed E-state index contributed by atoms with van der Waals surface area (Å²) in [6.45, 7) is 8.02. The monoisotopic (exact) mass is 475 g/mol. The number of rotatable bonds is 18. The molecule has 32 heavy (non-hydrogen) atoms. The number of hydrogen-bond acceptors (Lipinski definition) is 9. The van der Waals surface area contributed by atoms with Gasteiger partial charge in [0.15, 0.2) is 0 Å². The zero-order valence-electron chi connectivity index (χ0n) is 19.0. The Hall–Kier alpha value is -1.11. The van der Waals surface area contributed by atoms with E-state index in [9.17, 15) is 8.42 Å². The zero-order valence-corrected chi connectivity index (χ0v) is 19.8. The fourth-order valence-electron chi connectivity index (χ4n) is 2.97. The predicted molar refractivity (Wildman–Crippen MR) is 119 cm³/mol. The molecular formula is C22H37NO8S. The molecule has 0 saturated carbocycles. The molecule has 0 spiro atoms. The van der Waals surface area contributed by atoms with Crippen molar-refractivity contribution in [3.05, 3.63) is 29.8 Å². The number of hydrogen-bond donors (Lipinski definition) is 1. The van der Waals surface area contributed by atoms with Crippen molar-refractivity contribution in [2.24, 2.45) is 0 Å². The van der Waals surface area contributed by atoms with Gasteiger partial charge in [-0.2, -0.15) is 8.42 Å². The van der Waals surface area contributed by atoms with E-state index in [0.29, 0.717) is 59.0 Å². The SMILES string of the molecule is Cc1ccc(S(=O)(=O)OCCOCCOCCOCCOCCOC2CCNCC2)cc1. The average Bonchev–Trinajstić information content (AvgIpc) is 2.79. The molecule has 10 heteroatoms. The van der Waals surface area contributed by atoms with Gasteiger partial charge in [0, 0.05) is 0 Å². The number of ether oxygens (including phenoxy) is 5. The van der Waals surface area contributed by atoms with E-state index in [4.69, 9.17) is 27.9 Å². The molecule has 184 valence electrons. The van der Waals surface area contributed by atoms with Crippen LogP contribution in [-0.2, 0) is 38.0 Å². The maximum Gasteiger partial charge on any atom is 0.297 e. The van der Waals surface area contributed by atoms with E-state index in [1.54, 1.807) is 12.1 Å². The highest BCUT2D eigenvalue weighted by Gasteiger charge is 2.14. The Morgan fingerprint density at radius 1 is 0.750 bits per heavy atom. The lowest BCUT2D eigenvalue weighted by Gasteiger charge is -2.22. The molecule has 1 N–H and O–H groups in total. The Bertz CT molecular complexity index is 692. The first kappa shape index (κ1) is 27.1. The number of aryl methyl sites for hydroxylation is 1. The van der Waals surface area contributed by atoms with Gasteiger partial charge in [-0.05, 0) is 45.0 Å². The molecule has 1 heterocycles. The van der Waals surface area contributed by atoms with Crippen LogP contribution in [0.15, 0.2) is 29.2 Å². The molecule has 0 amide bonds. The van der Waals surface area contributed by atoms with Crippen LogP contribution < -0.4 is 5.32 Å². The van der Waals surface area contributed by atoms with Gasteiger partial charge in [-0.3, -0.25) is 4.18 Å². The Morgan fingerprint density at radius 3 is 1.75 bits per heavy atom. The standard InChI is InChI=1S/C22H37NO8S/c1-20-2-4-22(5-3-20)32(24,25)31-19-17-29-15-13-27-11-10-26-12-14-28-16-18-30-21-6-8-23-9-7-21/h2-5,21,23H,6-19H2,1H3. The van der Waals surface area contributed by atoms with Gasteiger partial charge in [0.05, 0.1) is 77.1 Å². The van der Waals surface area contributed by atoms with Crippen LogP contribution in [0.1, 0.15) is 18.4 Å². The summed E-state index contributed by atoms with van der Waals surface area (Å²) in [4.78, 5) is 0.141. The van der Waals surface area contributed by atoms with Gasteiger partial charge in [0.2, 0.25) is 0 Å². The second kappa shape index (κ2) is 16.5. The van der Waals surface area contributed by atoms with Gasteiger partial charge in [-0.15, -0.1) is 0 Å². The largest absolute Gasteiger partial charge is 0.377 e. The van der Waals surface area contributed by atoms with Gasteiger partial charge >= 0.3 is 0 Å². The van der Waals surface area contributed by atoms with Gasteiger partial charge in [-0.1, -0.05) is 17.7 Å². The minimum atomic E-state index is -3.75. The van der Waals surface area contributed by atoms with E-state index >= 15 is 0 Å². The van der Waals surface area contributed by atoms with E-state index in [0.717, 1.165) is 31.5 Å². The topological polar surface area (TPSA) is 102 Å². The molecule has 1 saturated heterocycles. The summed E-state index contributed by atoms with van der Waals surface area (Å²) in [7, 11) is -3.75. The summed E-state index contributed by atoms with van der Waals surface area (Å²) in [5.74, 6) is 0. The minimum Gasteiger partial charge on any atom is -0.377 e. The fourth-order valence-corrected chi connectivity index (χ4v) is 3.87. The van der Waals surface area contributed by atoms with Crippen LogP contribution in [0, 0.1) is 6.92 Å². The van der Waals surface area contributed by atoms with Crippen LogP contribution in [-0.4, -0.2) is 93.7 Å². The summed E-state index contributed by atoms with van der Waals surface area (Å²) in [6, 6.07) is 6.51. The van der Waals surface area contributed by atoms with Crippen molar-refractivity contribution in [1.29, 1.82) is 0 Å². The van der Waals surface area contributed by atoms with E-state index in [2.05, 4.69) is 5.32 Å². The van der Waals surface area contributed by atoms with Crippen molar-refractivity contribution in [3.63, 3.8) is 0 Å². The fraction of sp³-hybridized carbons (Fsp3) is 0.727. The zero-order chi connectivity index (χ0) is 22.9. The van der Waals surface area contributed by atoms with E-state index in [-0.39, 0.29) is 18.1 Å². The molecule has 1 aromatic carbocycles. The van der Waals surface area contributed by atoms with Gasteiger partial charge in [-0.25, -0.2) is 0 Å². The van der Waals surface area contributed by atoms with E-state index in [1.807, 2.05) is 6.92 Å². The summed E-state index contributed by atoms with van der Waals surface area (Å²) in [6.07, 6.45) is 2.49. The van der Waals surface area contributed by atoms with E-state index in [1.165, 1.54) is 12.1 Å². The summed E-state index contributed by atoms with van der Waals surface area (Å²) in [5.41, 5.74) is 0.986. The van der Waals surface area contributed by atoms with Crippen molar-refractivity contribution >= 4 is 10.1 Å². The Labute approximate surface area is 191 Å². The first-order valence-corrected chi connectivity index (χ1v) is 12.6. The summed E-state index contributed by atoms with van der Waals surface area (Å²) >= 11 is 0. The average molecular weight is 476 g/mol. The van der Waals surface area contributed by atoms with E-state index < -0.39 is 10.1 Å². The third-order valence-corrected chi connectivity index (χ3v) is 6.09.